The van der Waals surface area contributed by atoms with Crippen LogP contribution in [0.3, 0.4) is 0 Å². The zero-order chi connectivity index (χ0) is 20.1. The number of benzene rings is 2. The number of aryl methyl sites for hydroxylation is 1. The molecule has 3 rings (SSSR count). The van der Waals surface area contributed by atoms with E-state index in [4.69, 9.17) is 9.47 Å². The fourth-order valence-corrected chi connectivity index (χ4v) is 2.74. The van der Waals surface area contributed by atoms with E-state index in [0.717, 1.165) is 22.5 Å². The summed E-state index contributed by atoms with van der Waals surface area (Å²) in [7, 11) is 3.18. The summed E-state index contributed by atoms with van der Waals surface area (Å²) in [5, 5.41) is 6.12. The lowest BCUT2D eigenvalue weighted by Gasteiger charge is -2.12. The fourth-order valence-electron chi connectivity index (χ4n) is 2.74. The third-order valence-electron chi connectivity index (χ3n) is 4.53. The van der Waals surface area contributed by atoms with Gasteiger partial charge in [-0.05, 0) is 55.3 Å². The molecular weight excluding hydrogens is 354 g/mol. The monoisotopic (exact) mass is 377 g/mol. The maximum atomic E-state index is 12.5. The molecule has 0 bridgehead atoms. The number of aromatic nitrogens is 1. The molecule has 28 heavy (non-hydrogen) atoms. The van der Waals surface area contributed by atoms with Gasteiger partial charge in [-0.1, -0.05) is 12.1 Å². The standard InChI is InChI=1S/C22H23N3O3/c1-14-6-5-7-18(15(14)2)25-22(26)16-8-11-21(23-13-16)24-17-9-10-19(27-3)20(12-17)28-4/h5-13H,1-4H3,(H,23,24)(H,25,26). The van der Waals surface area contributed by atoms with Crippen LogP contribution < -0.4 is 20.1 Å². The zero-order valence-corrected chi connectivity index (χ0v) is 16.4. The molecule has 6 heteroatoms. The maximum Gasteiger partial charge on any atom is 0.257 e. The minimum atomic E-state index is -0.195. The number of nitrogens with one attached hydrogen (secondary N) is 2. The van der Waals surface area contributed by atoms with Crippen LogP contribution in [0.4, 0.5) is 17.2 Å². The predicted octanol–water partition coefficient (Wildman–Crippen LogP) is 4.71. The summed E-state index contributed by atoms with van der Waals surface area (Å²) in [4.78, 5) is 16.8. The molecule has 1 heterocycles. The van der Waals surface area contributed by atoms with Crippen LogP contribution in [-0.4, -0.2) is 25.1 Å². The number of carbonyl (C=O) groups excluding carboxylic acids is 1. The van der Waals surface area contributed by atoms with Gasteiger partial charge in [-0.25, -0.2) is 4.98 Å². The second-order valence-electron chi connectivity index (χ2n) is 6.33. The zero-order valence-electron chi connectivity index (χ0n) is 16.4. The first-order valence-corrected chi connectivity index (χ1v) is 8.84. The molecule has 0 spiro atoms. The molecule has 0 aliphatic heterocycles. The van der Waals surface area contributed by atoms with Crippen molar-refractivity contribution in [1.29, 1.82) is 0 Å². The Morgan fingerprint density at radius 1 is 0.964 bits per heavy atom. The number of pyridine rings is 1. The Kier molecular flexibility index (Phi) is 5.79. The molecule has 1 amide bonds. The number of methoxy groups -OCH3 is 2. The highest BCUT2D eigenvalue weighted by molar-refractivity contribution is 6.04. The van der Waals surface area contributed by atoms with Crippen molar-refractivity contribution in [3.63, 3.8) is 0 Å². The normalized spacial score (nSPS) is 10.3. The van der Waals surface area contributed by atoms with Crippen molar-refractivity contribution in [3.05, 3.63) is 71.4 Å². The molecule has 0 unspecified atom stereocenters. The molecule has 144 valence electrons. The molecule has 3 aromatic rings. The predicted molar refractivity (Wildman–Crippen MR) is 111 cm³/mol. The Balaban J connectivity index is 1.71. The van der Waals surface area contributed by atoms with E-state index in [9.17, 15) is 4.79 Å². The Bertz CT molecular complexity index is 985. The molecule has 2 N–H and O–H groups in total. The molecular formula is C22H23N3O3. The Morgan fingerprint density at radius 2 is 1.75 bits per heavy atom. The summed E-state index contributed by atoms with van der Waals surface area (Å²) < 4.78 is 10.5. The van der Waals surface area contributed by atoms with Crippen molar-refractivity contribution in [2.75, 3.05) is 24.9 Å². The lowest BCUT2D eigenvalue weighted by molar-refractivity contribution is 0.102. The Hall–Kier alpha value is -3.54. The summed E-state index contributed by atoms with van der Waals surface area (Å²) in [6.07, 6.45) is 1.55. The highest BCUT2D eigenvalue weighted by Crippen LogP contribution is 2.30. The molecule has 0 aliphatic carbocycles. The third kappa shape index (κ3) is 4.23. The number of hydrogen-bond acceptors (Lipinski definition) is 5. The van der Waals surface area contributed by atoms with Crippen LogP contribution in [0.25, 0.3) is 0 Å². The van der Waals surface area contributed by atoms with Crippen LogP contribution in [0.15, 0.2) is 54.7 Å². The van der Waals surface area contributed by atoms with Gasteiger partial charge in [-0.3, -0.25) is 4.79 Å². The highest BCUT2D eigenvalue weighted by Gasteiger charge is 2.10. The first-order valence-electron chi connectivity index (χ1n) is 8.84. The second-order valence-corrected chi connectivity index (χ2v) is 6.33. The number of nitrogens with zero attached hydrogens (tertiary/aromatic N) is 1. The molecule has 0 saturated carbocycles. The van der Waals surface area contributed by atoms with Crippen molar-refractivity contribution in [1.82, 2.24) is 4.98 Å². The summed E-state index contributed by atoms with van der Waals surface area (Å²) in [6.45, 7) is 4.00. The number of amides is 1. The summed E-state index contributed by atoms with van der Waals surface area (Å²) in [6, 6.07) is 14.8. The average Bonchev–Trinajstić information content (AvgIpc) is 2.71. The third-order valence-corrected chi connectivity index (χ3v) is 4.53. The first-order chi connectivity index (χ1) is 13.5. The first kappa shape index (κ1) is 19.2. The quantitative estimate of drug-likeness (QED) is 0.651. The van der Waals surface area contributed by atoms with E-state index in [0.29, 0.717) is 22.9 Å². The van der Waals surface area contributed by atoms with Crippen LogP contribution in [0.1, 0.15) is 21.5 Å². The molecule has 0 saturated heterocycles. The molecule has 1 aromatic heterocycles. The lowest BCUT2D eigenvalue weighted by atomic mass is 10.1. The van der Waals surface area contributed by atoms with E-state index >= 15 is 0 Å². The minimum absolute atomic E-state index is 0.195. The van der Waals surface area contributed by atoms with Gasteiger partial charge in [0.15, 0.2) is 11.5 Å². The van der Waals surface area contributed by atoms with Crippen LogP contribution in [0.5, 0.6) is 11.5 Å². The van der Waals surface area contributed by atoms with Gasteiger partial charge in [0.2, 0.25) is 0 Å². The van der Waals surface area contributed by atoms with Crippen molar-refractivity contribution >= 4 is 23.1 Å². The van der Waals surface area contributed by atoms with Crippen LogP contribution in [0.2, 0.25) is 0 Å². The average molecular weight is 377 g/mol. The summed E-state index contributed by atoms with van der Waals surface area (Å²) in [5.41, 5.74) is 4.27. The second kappa shape index (κ2) is 8.43. The molecule has 0 aliphatic rings. The maximum absolute atomic E-state index is 12.5. The molecule has 2 aromatic carbocycles. The van der Waals surface area contributed by atoms with E-state index in [2.05, 4.69) is 15.6 Å². The van der Waals surface area contributed by atoms with Crippen molar-refractivity contribution in [3.8, 4) is 11.5 Å². The van der Waals surface area contributed by atoms with Gasteiger partial charge in [-0.2, -0.15) is 0 Å². The summed E-state index contributed by atoms with van der Waals surface area (Å²) >= 11 is 0. The number of carbonyl (C=O) groups is 1. The molecule has 0 fully saturated rings. The molecule has 6 nitrogen and oxygen atoms in total. The highest BCUT2D eigenvalue weighted by atomic mass is 16.5. The van der Waals surface area contributed by atoms with Crippen molar-refractivity contribution < 1.29 is 14.3 Å². The lowest BCUT2D eigenvalue weighted by Crippen LogP contribution is -2.13. The van der Waals surface area contributed by atoms with Gasteiger partial charge in [0.25, 0.3) is 5.91 Å². The SMILES string of the molecule is COc1ccc(Nc2ccc(C(=O)Nc3cccc(C)c3C)cn2)cc1OC. The van der Waals surface area contributed by atoms with Gasteiger partial charge < -0.3 is 20.1 Å². The van der Waals surface area contributed by atoms with Crippen molar-refractivity contribution in [2.24, 2.45) is 0 Å². The summed E-state index contributed by atoms with van der Waals surface area (Å²) in [5.74, 6) is 1.70. The van der Waals surface area contributed by atoms with Gasteiger partial charge in [0, 0.05) is 23.6 Å². The number of anilines is 3. The van der Waals surface area contributed by atoms with Crippen LogP contribution in [-0.2, 0) is 0 Å². The largest absolute Gasteiger partial charge is 0.493 e. The van der Waals surface area contributed by atoms with Gasteiger partial charge >= 0.3 is 0 Å². The number of rotatable bonds is 6. The Morgan fingerprint density at radius 3 is 2.43 bits per heavy atom. The Labute approximate surface area is 164 Å². The number of ether oxygens (including phenoxy) is 2. The van der Waals surface area contributed by atoms with Crippen LogP contribution >= 0.6 is 0 Å². The van der Waals surface area contributed by atoms with Crippen LogP contribution in [0, 0.1) is 13.8 Å². The van der Waals surface area contributed by atoms with Gasteiger partial charge in [0.1, 0.15) is 5.82 Å². The van der Waals surface area contributed by atoms with E-state index in [1.807, 2.05) is 50.2 Å². The van der Waals surface area contributed by atoms with Crippen molar-refractivity contribution in [2.45, 2.75) is 13.8 Å². The fraction of sp³-hybridized carbons (Fsp3) is 0.182. The van der Waals surface area contributed by atoms with Gasteiger partial charge in [-0.15, -0.1) is 0 Å². The molecule has 0 atom stereocenters. The smallest absolute Gasteiger partial charge is 0.257 e. The number of hydrogen-bond donors (Lipinski definition) is 2. The van der Waals surface area contributed by atoms with E-state index in [1.54, 1.807) is 32.5 Å². The van der Waals surface area contributed by atoms with E-state index in [1.165, 1.54) is 0 Å². The van der Waals surface area contributed by atoms with Gasteiger partial charge in [0.05, 0.1) is 19.8 Å². The minimum Gasteiger partial charge on any atom is -0.493 e. The van der Waals surface area contributed by atoms with E-state index in [-0.39, 0.29) is 5.91 Å². The molecule has 0 radical (unpaired) electrons. The van der Waals surface area contributed by atoms with E-state index < -0.39 is 0 Å². The topological polar surface area (TPSA) is 72.5 Å².